The van der Waals surface area contributed by atoms with E-state index >= 15 is 0 Å². The van der Waals surface area contributed by atoms with Gasteiger partial charge in [-0.25, -0.2) is 0 Å². The molecule has 0 aromatic carbocycles. The third-order valence-electron chi connectivity index (χ3n) is 3.24. The van der Waals surface area contributed by atoms with Gasteiger partial charge in [-0.15, -0.1) is 0 Å². The number of hydrogen-bond donors (Lipinski definition) is 3. The van der Waals surface area contributed by atoms with Crippen molar-refractivity contribution >= 4 is 5.91 Å². The van der Waals surface area contributed by atoms with Gasteiger partial charge < -0.3 is 15.7 Å². The van der Waals surface area contributed by atoms with E-state index in [1.165, 1.54) is 0 Å². The number of nitrogens with one attached hydrogen (secondary N) is 2. The van der Waals surface area contributed by atoms with E-state index in [1.54, 1.807) is 7.05 Å². The average Bonchev–Trinajstić information content (AvgIpc) is 2.38. The first-order valence-corrected chi connectivity index (χ1v) is 6.69. The summed E-state index contributed by atoms with van der Waals surface area (Å²) in [4.78, 5) is 15.5. The Kier molecular flexibility index (Phi) is 7.19. The molecular formula is C12H26N4O2. The van der Waals surface area contributed by atoms with Gasteiger partial charge in [0.15, 0.2) is 0 Å². The number of likely N-dealkylation sites (N-methyl/N-ethyl adjacent to an activating group) is 2. The molecule has 0 saturated carbocycles. The van der Waals surface area contributed by atoms with Crippen molar-refractivity contribution in [1.82, 2.24) is 20.4 Å². The average molecular weight is 258 g/mol. The number of nitrogens with zero attached hydrogens (tertiary/aromatic N) is 2. The molecule has 6 nitrogen and oxygen atoms in total. The fourth-order valence-corrected chi connectivity index (χ4v) is 2.14. The molecule has 0 aromatic heterocycles. The summed E-state index contributed by atoms with van der Waals surface area (Å²) in [6.45, 7) is 8.31. The first kappa shape index (κ1) is 15.4. The summed E-state index contributed by atoms with van der Waals surface area (Å²) in [6, 6.07) is 0. The Morgan fingerprint density at radius 3 is 2.72 bits per heavy atom. The smallest absolute Gasteiger partial charge is 0.233 e. The van der Waals surface area contributed by atoms with Gasteiger partial charge in [0.25, 0.3) is 0 Å². The molecule has 0 bridgehead atoms. The van der Waals surface area contributed by atoms with Crippen LogP contribution in [0.25, 0.3) is 0 Å². The Morgan fingerprint density at radius 1 is 1.50 bits per heavy atom. The van der Waals surface area contributed by atoms with Gasteiger partial charge in [0.1, 0.15) is 0 Å². The normalized spacial score (nSPS) is 18.9. The van der Waals surface area contributed by atoms with Crippen LogP contribution in [0.2, 0.25) is 0 Å². The number of hydrogen-bond acceptors (Lipinski definition) is 5. The first-order chi connectivity index (χ1) is 8.65. The Morgan fingerprint density at radius 2 is 2.17 bits per heavy atom. The van der Waals surface area contributed by atoms with E-state index in [0.717, 1.165) is 32.7 Å². The Hall–Kier alpha value is -0.690. The van der Waals surface area contributed by atoms with Gasteiger partial charge in [0.05, 0.1) is 12.6 Å². The Labute approximate surface area is 109 Å². The van der Waals surface area contributed by atoms with Crippen LogP contribution in [0.3, 0.4) is 0 Å². The lowest BCUT2D eigenvalue weighted by molar-refractivity contribution is -0.122. The van der Waals surface area contributed by atoms with E-state index < -0.39 is 6.10 Å². The zero-order valence-corrected chi connectivity index (χ0v) is 11.5. The van der Waals surface area contributed by atoms with Gasteiger partial charge in [-0.1, -0.05) is 6.92 Å². The molecule has 6 heteroatoms. The highest BCUT2D eigenvalue weighted by molar-refractivity contribution is 5.77. The van der Waals surface area contributed by atoms with Gasteiger partial charge >= 0.3 is 0 Å². The number of piperazine rings is 1. The van der Waals surface area contributed by atoms with Crippen LogP contribution in [-0.4, -0.2) is 86.3 Å². The van der Waals surface area contributed by atoms with E-state index in [9.17, 15) is 9.90 Å². The van der Waals surface area contributed by atoms with Crippen molar-refractivity contribution in [2.24, 2.45) is 0 Å². The fraction of sp³-hybridized carbons (Fsp3) is 0.917. The molecule has 0 radical (unpaired) electrons. The second-order valence-corrected chi connectivity index (χ2v) is 4.71. The van der Waals surface area contributed by atoms with Crippen LogP contribution in [0.1, 0.15) is 6.92 Å². The molecule has 1 amide bonds. The summed E-state index contributed by atoms with van der Waals surface area (Å²) in [5, 5.41) is 15.9. The van der Waals surface area contributed by atoms with Crippen LogP contribution in [0.4, 0.5) is 0 Å². The van der Waals surface area contributed by atoms with E-state index in [2.05, 4.69) is 15.5 Å². The van der Waals surface area contributed by atoms with Gasteiger partial charge in [0, 0.05) is 46.3 Å². The number of rotatable bonds is 7. The molecule has 1 atom stereocenters. The Bertz CT molecular complexity index is 244. The minimum atomic E-state index is -0.396. The molecule has 3 N–H and O–H groups in total. The van der Waals surface area contributed by atoms with Crippen LogP contribution >= 0.6 is 0 Å². The molecule has 1 aliphatic heterocycles. The van der Waals surface area contributed by atoms with Crippen LogP contribution in [0, 0.1) is 0 Å². The topological polar surface area (TPSA) is 67.8 Å². The van der Waals surface area contributed by atoms with Crippen molar-refractivity contribution in [3.05, 3.63) is 0 Å². The number of aliphatic hydroxyl groups excluding tert-OH is 1. The highest BCUT2D eigenvalue weighted by atomic mass is 16.3. The molecular weight excluding hydrogens is 232 g/mol. The van der Waals surface area contributed by atoms with Crippen molar-refractivity contribution in [3.8, 4) is 0 Å². The van der Waals surface area contributed by atoms with Crippen molar-refractivity contribution in [3.63, 3.8) is 0 Å². The molecule has 1 aliphatic rings. The highest BCUT2D eigenvalue weighted by Crippen LogP contribution is 1.98. The summed E-state index contributed by atoms with van der Waals surface area (Å²) in [5.41, 5.74) is 0. The maximum atomic E-state index is 11.3. The second kappa shape index (κ2) is 8.42. The van der Waals surface area contributed by atoms with E-state index in [4.69, 9.17) is 0 Å². The van der Waals surface area contributed by atoms with Crippen molar-refractivity contribution < 1.29 is 9.90 Å². The molecule has 1 rings (SSSR count). The number of amides is 1. The molecule has 1 unspecified atom stereocenters. The van der Waals surface area contributed by atoms with E-state index in [0.29, 0.717) is 19.6 Å². The van der Waals surface area contributed by atoms with E-state index in [1.807, 2.05) is 11.8 Å². The monoisotopic (exact) mass is 258 g/mol. The predicted octanol–water partition coefficient (Wildman–Crippen LogP) is -1.68. The van der Waals surface area contributed by atoms with Crippen LogP contribution in [0.5, 0.6) is 0 Å². The molecule has 0 spiro atoms. The quantitative estimate of drug-likeness (QED) is 0.509. The second-order valence-electron chi connectivity index (χ2n) is 4.71. The SMILES string of the molecule is CCN(CC(=O)NC)CC(O)CN1CCNCC1. The molecule has 106 valence electrons. The number of carbonyl (C=O) groups excluding carboxylic acids is 1. The lowest BCUT2D eigenvalue weighted by Gasteiger charge is -2.31. The molecule has 1 saturated heterocycles. The zero-order chi connectivity index (χ0) is 13.4. The highest BCUT2D eigenvalue weighted by Gasteiger charge is 2.17. The summed E-state index contributed by atoms with van der Waals surface area (Å²) in [7, 11) is 1.63. The maximum Gasteiger partial charge on any atom is 0.233 e. The standard InChI is InChI=1S/C12H26N4O2/c1-3-15(10-12(18)13-2)8-11(17)9-16-6-4-14-5-7-16/h11,14,17H,3-10H2,1-2H3,(H,13,18). The van der Waals surface area contributed by atoms with Crippen LogP contribution in [-0.2, 0) is 4.79 Å². The van der Waals surface area contributed by atoms with Crippen molar-refractivity contribution in [2.75, 3.05) is 59.4 Å². The van der Waals surface area contributed by atoms with Gasteiger partial charge in [0.2, 0.25) is 5.91 Å². The van der Waals surface area contributed by atoms with Crippen molar-refractivity contribution in [2.45, 2.75) is 13.0 Å². The van der Waals surface area contributed by atoms with Crippen molar-refractivity contribution in [1.29, 1.82) is 0 Å². The third-order valence-corrected chi connectivity index (χ3v) is 3.24. The maximum absolute atomic E-state index is 11.3. The summed E-state index contributed by atoms with van der Waals surface area (Å²) < 4.78 is 0. The summed E-state index contributed by atoms with van der Waals surface area (Å²) >= 11 is 0. The van der Waals surface area contributed by atoms with Gasteiger partial charge in [-0.2, -0.15) is 0 Å². The molecule has 18 heavy (non-hydrogen) atoms. The Balaban J connectivity index is 2.27. The van der Waals surface area contributed by atoms with Gasteiger partial charge in [-0.05, 0) is 6.54 Å². The number of aliphatic hydroxyl groups is 1. The minimum Gasteiger partial charge on any atom is -0.390 e. The minimum absolute atomic E-state index is 0.00813. The molecule has 0 aromatic rings. The lowest BCUT2D eigenvalue weighted by atomic mass is 10.2. The van der Waals surface area contributed by atoms with E-state index in [-0.39, 0.29) is 5.91 Å². The molecule has 1 fully saturated rings. The molecule has 0 aliphatic carbocycles. The summed E-state index contributed by atoms with van der Waals surface area (Å²) in [5.74, 6) is -0.00813. The number of β-amino-alcohol motifs (C(OH)–C–C–N with tert-alkyl or cyclic N) is 1. The molecule has 1 heterocycles. The third kappa shape index (κ3) is 5.77. The fourth-order valence-electron chi connectivity index (χ4n) is 2.14. The van der Waals surface area contributed by atoms with Crippen LogP contribution in [0.15, 0.2) is 0 Å². The summed E-state index contributed by atoms with van der Waals surface area (Å²) in [6.07, 6.45) is -0.396. The van der Waals surface area contributed by atoms with Crippen LogP contribution < -0.4 is 10.6 Å². The number of carbonyl (C=O) groups is 1. The lowest BCUT2D eigenvalue weighted by Crippen LogP contribution is -2.49. The zero-order valence-electron chi connectivity index (χ0n) is 11.5. The largest absolute Gasteiger partial charge is 0.390 e. The first-order valence-electron chi connectivity index (χ1n) is 6.69. The predicted molar refractivity (Wildman–Crippen MR) is 71.5 cm³/mol. The van der Waals surface area contributed by atoms with Gasteiger partial charge in [-0.3, -0.25) is 14.6 Å².